The topological polar surface area (TPSA) is 43.0 Å². The van der Waals surface area contributed by atoms with Crippen LogP contribution in [0.15, 0.2) is 78.9 Å². The average Bonchev–Trinajstić information content (AvgIpc) is 2.75. The fourth-order valence-corrected chi connectivity index (χ4v) is 2.68. The maximum atomic E-state index is 13.7. The van der Waals surface area contributed by atoms with E-state index >= 15 is 0 Å². The van der Waals surface area contributed by atoms with Crippen molar-refractivity contribution in [3.63, 3.8) is 0 Å². The molecule has 0 unspecified atom stereocenters. The van der Waals surface area contributed by atoms with E-state index in [-0.39, 0.29) is 5.69 Å². The highest BCUT2D eigenvalue weighted by Crippen LogP contribution is 2.28. The lowest BCUT2D eigenvalue weighted by Gasteiger charge is -2.08. The lowest BCUT2D eigenvalue weighted by Crippen LogP contribution is -2.00. The molecule has 0 amide bonds. The van der Waals surface area contributed by atoms with Gasteiger partial charge in [0.15, 0.2) is 17.5 Å². The summed E-state index contributed by atoms with van der Waals surface area (Å²) in [5, 5.41) is 0. The van der Waals surface area contributed by atoms with Gasteiger partial charge < -0.3 is 0 Å². The zero-order valence-corrected chi connectivity index (χ0v) is 14.2. The van der Waals surface area contributed by atoms with Crippen LogP contribution in [0.25, 0.3) is 39.0 Å². The van der Waals surface area contributed by atoms with Crippen LogP contribution in [-0.4, -0.2) is 15.0 Å². The number of halogens is 1. The third-order valence-electron chi connectivity index (χ3n) is 4.02. The maximum absolute atomic E-state index is 13.7. The first-order valence-corrected chi connectivity index (χ1v) is 8.29. The van der Waals surface area contributed by atoms with Crippen LogP contribution < -0.4 is 0 Å². The molecule has 4 aromatic rings. The van der Waals surface area contributed by atoms with Gasteiger partial charge in [-0.2, -0.15) is 0 Å². The number of nitrogens with zero attached hydrogens (tertiary/aromatic N) is 4. The fourth-order valence-electron chi connectivity index (χ4n) is 2.68. The molecule has 0 aliphatic carbocycles. The van der Waals surface area contributed by atoms with Gasteiger partial charge >= 0.3 is 0 Å². The molecule has 0 aliphatic heterocycles. The van der Waals surface area contributed by atoms with Gasteiger partial charge in [0, 0.05) is 16.7 Å². The fraction of sp³-hybridized carbons (Fsp3) is 0. The van der Waals surface area contributed by atoms with Crippen LogP contribution in [0.1, 0.15) is 0 Å². The van der Waals surface area contributed by atoms with E-state index in [4.69, 9.17) is 6.57 Å². The van der Waals surface area contributed by atoms with E-state index in [1.54, 1.807) is 6.07 Å². The maximum Gasteiger partial charge on any atom is 0.222 e. The molecule has 5 heteroatoms. The molecule has 0 saturated heterocycles. The van der Waals surface area contributed by atoms with Crippen molar-refractivity contribution in [2.24, 2.45) is 0 Å². The smallest absolute Gasteiger partial charge is 0.222 e. The van der Waals surface area contributed by atoms with E-state index in [1.807, 2.05) is 60.7 Å². The van der Waals surface area contributed by atoms with Crippen LogP contribution >= 0.6 is 0 Å². The van der Waals surface area contributed by atoms with Crippen molar-refractivity contribution in [3.05, 3.63) is 96.1 Å². The molecule has 0 spiro atoms. The quantitative estimate of drug-likeness (QED) is 0.453. The van der Waals surface area contributed by atoms with Crippen molar-refractivity contribution >= 4 is 5.69 Å². The third kappa shape index (κ3) is 3.42. The second-order valence-electron chi connectivity index (χ2n) is 5.82. The molecular formula is C22H13FN4. The predicted octanol–water partition coefficient (Wildman–Crippen LogP) is 5.56. The first-order valence-electron chi connectivity index (χ1n) is 8.29. The van der Waals surface area contributed by atoms with Gasteiger partial charge in [0.2, 0.25) is 5.69 Å². The van der Waals surface area contributed by atoms with E-state index in [0.717, 1.165) is 11.1 Å². The Labute approximate surface area is 155 Å². The van der Waals surface area contributed by atoms with Crippen molar-refractivity contribution in [2.45, 2.75) is 0 Å². The molecule has 4 rings (SSSR count). The van der Waals surface area contributed by atoms with Crippen LogP contribution in [0.3, 0.4) is 0 Å². The predicted molar refractivity (Wildman–Crippen MR) is 102 cm³/mol. The molecule has 0 atom stereocenters. The number of hydrogen-bond donors (Lipinski definition) is 0. The molecule has 0 fully saturated rings. The van der Waals surface area contributed by atoms with Crippen molar-refractivity contribution in [3.8, 4) is 34.2 Å². The Morgan fingerprint density at radius 1 is 0.630 bits per heavy atom. The minimum Gasteiger partial charge on any atom is -0.235 e. The molecule has 0 N–H and O–H groups in total. The Kier molecular flexibility index (Phi) is 4.38. The molecule has 0 radical (unpaired) electrons. The lowest BCUT2D eigenvalue weighted by molar-refractivity contribution is 0.634. The Morgan fingerprint density at radius 2 is 1.11 bits per heavy atom. The minimum atomic E-state index is -0.561. The summed E-state index contributed by atoms with van der Waals surface area (Å²) in [6.07, 6.45) is 0. The third-order valence-corrected chi connectivity index (χ3v) is 4.02. The van der Waals surface area contributed by atoms with Crippen LogP contribution in [0, 0.1) is 12.4 Å². The van der Waals surface area contributed by atoms with Gasteiger partial charge in [0.1, 0.15) is 5.82 Å². The zero-order chi connectivity index (χ0) is 18.6. The molecule has 1 aromatic heterocycles. The summed E-state index contributed by atoms with van der Waals surface area (Å²) in [4.78, 5) is 16.9. The van der Waals surface area contributed by atoms with Crippen LogP contribution in [-0.2, 0) is 0 Å². The average molecular weight is 352 g/mol. The first kappa shape index (κ1) is 16.6. The van der Waals surface area contributed by atoms with Crippen molar-refractivity contribution in [1.29, 1.82) is 0 Å². The molecule has 0 aliphatic rings. The largest absolute Gasteiger partial charge is 0.235 e. The monoisotopic (exact) mass is 352 g/mol. The number of benzene rings is 3. The van der Waals surface area contributed by atoms with Gasteiger partial charge in [-0.1, -0.05) is 66.7 Å². The molecule has 0 saturated carbocycles. The SMILES string of the molecule is [C-]#[N+]c1cc(-c2nc(-c3ccccc3)nc(-c3ccccc3)n2)ccc1F. The Balaban J connectivity index is 1.93. The van der Waals surface area contributed by atoms with Crippen LogP contribution in [0.2, 0.25) is 0 Å². The number of aromatic nitrogens is 3. The van der Waals surface area contributed by atoms with Gasteiger partial charge in [-0.25, -0.2) is 24.2 Å². The summed E-state index contributed by atoms with van der Waals surface area (Å²) in [6.45, 7) is 7.13. The Bertz CT molecular complexity index is 1080. The van der Waals surface area contributed by atoms with Crippen LogP contribution in [0.4, 0.5) is 10.1 Å². The summed E-state index contributed by atoms with van der Waals surface area (Å²) in [6, 6.07) is 23.5. The van der Waals surface area contributed by atoms with Crippen molar-refractivity contribution < 1.29 is 4.39 Å². The molecule has 128 valence electrons. The van der Waals surface area contributed by atoms with Crippen LogP contribution in [0.5, 0.6) is 0 Å². The molecule has 1 heterocycles. The summed E-state index contributed by atoms with van der Waals surface area (Å²) in [7, 11) is 0. The Hall–Kier alpha value is -3.91. The molecule has 4 nitrogen and oxygen atoms in total. The lowest BCUT2D eigenvalue weighted by atomic mass is 10.1. The molecular weight excluding hydrogens is 339 g/mol. The highest BCUT2D eigenvalue weighted by atomic mass is 19.1. The highest BCUT2D eigenvalue weighted by Gasteiger charge is 2.13. The standard InChI is InChI=1S/C22H13FN4/c1-24-19-14-17(12-13-18(19)23)22-26-20(15-8-4-2-5-9-15)25-21(27-22)16-10-6-3-7-11-16/h2-14H. The zero-order valence-electron chi connectivity index (χ0n) is 14.2. The summed E-state index contributed by atoms with van der Waals surface area (Å²) < 4.78 is 13.7. The van der Waals surface area contributed by atoms with Gasteiger partial charge in [-0.05, 0) is 12.1 Å². The van der Waals surface area contributed by atoms with Crippen molar-refractivity contribution in [2.75, 3.05) is 0 Å². The molecule has 27 heavy (non-hydrogen) atoms. The van der Waals surface area contributed by atoms with Gasteiger partial charge in [-0.3, -0.25) is 0 Å². The summed E-state index contributed by atoms with van der Waals surface area (Å²) >= 11 is 0. The van der Waals surface area contributed by atoms with E-state index in [9.17, 15) is 4.39 Å². The minimum absolute atomic E-state index is 0.0598. The van der Waals surface area contributed by atoms with E-state index in [1.165, 1.54) is 12.1 Å². The molecule has 0 bridgehead atoms. The molecule has 3 aromatic carbocycles. The normalized spacial score (nSPS) is 10.4. The van der Waals surface area contributed by atoms with Gasteiger partial charge in [-0.15, -0.1) is 0 Å². The Morgan fingerprint density at radius 3 is 1.59 bits per heavy atom. The first-order chi connectivity index (χ1) is 13.2. The summed E-state index contributed by atoms with van der Waals surface area (Å²) in [5.41, 5.74) is 2.21. The number of hydrogen-bond acceptors (Lipinski definition) is 3. The van der Waals surface area contributed by atoms with Crippen molar-refractivity contribution in [1.82, 2.24) is 15.0 Å². The second-order valence-corrected chi connectivity index (χ2v) is 5.82. The van der Waals surface area contributed by atoms with Gasteiger partial charge in [0.05, 0.1) is 6.57 Å². The number of rotatable bonds is 3. The van der Waals surface area contributed by atoms with E-state index < -0.39 is 5.82 Å². The van der Waals surface area contributed by atoms with Gasteiger partial charge in [0.25, 0.3) is 0 Å². The second kappa shape index (κ2) is 7.14. The highest BCUT2D eigenvalue weighted by molar-refractivity contribution is 5.68. The van der Waals surface area contributed by atoms with E-state index in [0.29, 0.717) is 23.0 Å². The van der Waals surface area contributed by atoms with E-state index in [2.05, 4.69) is 19.8 Å². The summed E-state index contributed by atoms with van der Waals surface area (Å²) in [5.74, 6) is 0.878.